The fraction of sp³-hybridized carbons (Fsp3) is 0.176. The van der Waals surface area contributed by atoms with Gasteiger partial charge in [0.1, 0.15) is 16.6 Å². The van der Waals surface area contributed by atoms with Gasteiger partial charge in [-0.3, -0.25) is 0 Å². The van der Waals surface area contributed by atoms with Gasteiger partial charge in [0.2, 0.25) is 0 Å². The quantitative estimate of drug-likeness (QED) is 0.453. The van der Waals surface area contributed by atoms with E-state index in [1.165, 1.54) is 23.5 Å². The van der Waals surface area contributed by atoms with E-state index in [0.717, 1.165) is 10.6 Å². The van der Waals surface area contributed by atoms with Crippen molar-refractivity contribution in [1.82, 2.24) is 4.98 Å². The van der Waals surface area contributed by atoms with E-state index < -0.39 is 5.97 Å². The number of nitrogens with zero attached hydrogens (tertiary/aromatic N) is 1. The largest absolute Gasteiger partial charge is 0.493 e. The Labute approximate surface area is 146 Å². The first-order valence-corrected chi connectivity index (χ1v) is 9.08. The van der Waals surface area contributed by atoms with E-state index in [1.54, 1.807) is 28.8 Å². The van der Waals surface area contributed by atoms with E-state index in [0.29, 0.717) is 24.5 Å². The lowest BCUT2D eigenvalue weighted by Gasteiger charge is -2.06. The number of benzene rings is 1. The first-order valence-electron chi connectivity index (χ1n) is 7.26. The summed E-state index contributed by atoms with van der Waals surface area (Å²) in [5.41, 5.74) is 1.33. The number of rotatable bonds is 7. The van der Waals surface area contributed by atoms with Crippen molar-refractivity contribution in [2.45, 2.75) is 6.42 Å². The highest BCUT2D eigenvalue weighted by molar-refractivity contribution is 7.14. The third kappa shape index (κ3) is 4.39. The third-order valence-corrected chi connectivity index (χ3v) is 4.66. The Morgan fingerprint density at radius 1 is 1.12 bits per heavy atom. The minimum Gasteiger partial charge on any atom is -0.493 e. The molecule has 0 N–H and O–H groups in total. The van der Waals surface area contributed by atoms with Crippen molar-refractivity contribution in [2.75, 3.05) is 13.2 Å². The van der Waals surface area contributed by atoms with Gasteiger partial charge in [-0.2, -0.15) is 11.3 Å². The average molecular weight is 363 g/mol. The molecule has 1 aromatic carbocycles. The summed E-state index contributed by atoms with van der Waals surface area (Å²) in [4.78, 5) is 16.2. The van der Waals surface area contributed by atoms with Crippen LogP contribution in [0.1, 0.15) is 16.9 Å². The second kappa shape index (κ2) is 8.03. The van der Waals surface area contributed by atoms with E-state index >= 15 is 0 Å². The van der Waals surface area contributed by atoms with Crippen molar-refractivity contribution in [3.05, 3.63) is 58.0 Å². The van der Waals surface area contributed by atoms with Crippen molar-refractivity contribution < 1.29 is 18.7 Å². The zero-order valence-corrected chi connectivity index (χ0v) is 14.2. The molecule has 3 rings (SSSR count). The van der Waals surface area contributed by atoms with E-state index in [9.17, 15) is 9.18 Å². The summed E-state index contributed by atoms with van der Waals surface area (Å²) < 4.78 is 23.4. The Morgan fingerprint density at radius 3 is 2.71 bits per heavy atom. The summed E-state index contributed by atoms with van der Waals surface area (Å²) in [6.45, 7) is 0.626. The van der Waals surface area contributed by atoms with Crippen LogP contribution in [0.3, 0.4) is 0 Å². The minimum atomic E-state index is -0.436. The van der Waals surface area contributed by atoms with Crippen molar-refractivity contribution in [3.8, 4) is 16.3 Å². The van der Waals surface area contributed by atoms with Crippen LogP contribution in [0.15, 0.2) is 46.5 Å². The molecule has 0 aliphatic rings. The molecule has 0 amide bonds. The zero-order chi connectivity index (χ0) is 16.8. The van der Waals surface area contributed by atoms with Gasteiger partial charge in [-0.25, -0.2) is 14.2 Å². The van der Waals surface area contributed by atoms with Crippen LogP contribution in [0.4, 0.5) is 4.39 Å². The van der Waals surface area contributed by atoms with Gasteiger partial charge < -0.3 is 9.47 Å². The molecular weight excluding hydrogens is 349 g/mol. The van der Waals surface area contributed by atoms with Gasteiger partial charge in [-0.05, 0) is 35.7 Å². The lowest BCUT2D eigenvalue weighted by molar-refractivity contribution is 0.0480. The molecule has 4 nitrogen and oxygen atoms in total. The van der Waals surface area contributed by atoms with Crippen LogP contribution in [0.2, 0.25) is 0 Å². The highest BCUT2D eigenvalue weighted by Gasteiger charge is 2.13. The van der Waals surface area contributed by atoms with Gasteiger partial charge >= 0.3 is 5.97 Å². The maximum Gasteiger partial charge on any atom is 0.357 e. The molecule has 0 bridgehead atoms. The molecule has 7 heteroatoms. The second-order valence-corrected chi connectivity index (χ2v) is 6.48. The zero-order valence-electron chi connectivity index (χ0n) is 12.6. The number of thiazole rings is 1. The Kier molecular flexibility index (Phi) is 5.55. The third-order valence-electron chi connectivity index (χ3n) is 3.09. The highest BCUT2D eigenvalue weighted by Crippen LogP contribution is 2.25. The first kappa shape index (κ1) is 16.6. The van der Waals surface area contributed by atoms with Gasteiger partial charge in [0.25, 0.3) is 0 Å². The fourth-order valence-electron chi connectivity index (χ4n) is 1.90. The normalized spacial score (nSPS) is 10.5. The SMILES string of the molecule is O=C(OCCCOc1ccc(F)cc1)c1csc(-c2ccsc2)n1. The topological polar surface area (TPSA) is 48.4 Å². The predicted molar refractivity (Wildman–Crippen MR) is 92.2 cm³/mol. The molecular formula is C17H14FNO3S2. The smallest absolute Gasteiger partial charge is 0.357 e. The molecule has 0 radical (unpaired) electrons. The van der Waals surface area contributed by atoms with Crippen molar-refractivity contribution >= 4 is 28.6 Å². The Hall–Kier alpha value is -2.25. The number of esters is 1. The van der Waals surface area contributed by atoms with Crippen molar-refractivity contribution in [3.63, 3.8) is 0 Å². The molecule has 0 spiro atoms. The molecule has 124 valence electrons. The minimum absolute atomic E-state index is 0.241. The standard InChI is InChI=1S/C17H14FNO3S2/c18-13-2-4-14(5-3-13)21-7-1-8-22-17(20)15-11-24-16(19-15)12-6-9-23-10-12/h2-6,9-11H,1,7-8H2. The van der Waals surface area contributed by atoms with Crippen molar-refractivity contribution in [2.24, 2.45) is 0 Å². The van der Waals surface area contributed by atoms with Crippen LogP contribution in [0, 0.1) is 5.82 Å². The van der Waals surface area contributed by atoms with E-state index in [2.05, 4.69) is 4.98 Å². The maximum absolute atomic E-state index is 12.8. The summed E-state index contributed by atoms with van der Waals surface area (Å²) in [5, 5.41) is 6.46. The van der Waals surface area contributed by atoms with Gasteiger partial charge in [-0.15, -0.1) is 11.3 Å². The van der Waals surface area contributed by atoms with Gasteiger partial charge in [0.05, 0.1) is 13.2 Å². The number of carbonyl (C=O) groups is 1. The first-order chi connectivity index (χ1) is 11.7. The monoisotopic (exact) mass is 363 g/mol. The van der Waals surface area contributed by atoms with Crippen LogP contribution < -0.4 is 4.74 Å². The molecule has 0 aliphatic heterocycles. The number of thiophene rings is 1. The molecule has 0 aliphatic carbocycles. The summed E-state index contributed by atoms with van der Waals surface area (Å²) in [7, 11) is 0. The number of carbonyl (C=O) groups excluding carboxylic acids is 1. The van der Waals surface area contributed by atoms with Gasteiger partial charge in [0.15, 0.2) is 5.69 Å². The van der Waals surface area contributed by atoms with Crippen LogP contribution >= 0.6 is 22.7 Å². The molecule has 24 heavy (non-hydrogen) atoms. The van der Waals surface area contributed by atoms with Crippen LogP contribution in [0.25, 0.3) is 10.6 Å². The van der Waals surface area contributed by atoms with Crippen LogP contribution in [0.5, 0.6) is 5.75 Å². The summed E-state index contributed by atoms with van der Waals surface area (Å²) in [6.07, 6.45) is 0.546. The number of ether oxygens (including phenoxy) is 2. The Morgan fingerprint density at radius 2 is 1.96 bits per heavy atom. The van der Waals surface area contributed by atoms with Crippen LogP contribution in [-0.4, -0.2) is 24.2 Å². The molecule has 0 saturated heterocycles. The Balaban J connectivity index is 1.40. The van der Waals surface area contributed by atoms with E-state index in [-0.39, 0.29) is 12.4 Å². The van der Waals surface area contributed by atoms with Crippen molar-refractivity contribution in [1.29, 1.82) is 0 Å². The number of hydrogen-bond acceptors (Lipinski definition) is 6. The van der Waals surface area contributed by atoms with Crippen LogP contribution in [-0.2, 0) is 4.74 Å². The predicted octanol–water partition coefficient (Wildman–Crippen LogP) is 4.64. The molecule has 0 saturated carbocycles. The van der Waals surface area contributed by atoms with Gasteiger partial charge in [0, 0.05) is 22.7 Å². The second-order valence-electron chi connectivity index (χ2n) is 4.84. The molecule has 2 heterocycles. The number of aromatic nitrogens is 1. The molecule has 0 unspecified atom stereocenters. The Bertz CT molecular complexity index is 785. The summed E-state index contributed by atoms with van der Waals surface area (Å²) in [5.74, 6) is -0.154. The molecule has 0 fully saturated rings. The summed E-state index contributed by atoms with van der Waals surface area (Å²) in [6, 6.07) is 7.75. The van der Waals surface area contributed by atoms with E-state index in [1.807, 2.05) is 16.8 Å². The summed E-state index contributed by atoms with van der Waals surface area (Å²) >= 11 is 3.00. The molecule has 0 atom stereocenters. The van der Waals surface area contributed by atoms with Gasteiger partial charge in [-0.1, -0.05) is 0 Å². The lowest BCUT2D eigenvalue weighted by Crippen LogP contribution is -2.09. The maximum atomic E-state index is 12.8. The average Bonchev–Trinajstić information content (AvgIpc) is 3.27. The highest BCUT2D eigenvalue weighted by atomic mass is 32.1. The lowest BCUT2D eigenvalue weighted by atomic mass is 10.3. The molecule has 2 aromatic heterocycles. The van der Waals surface area contributed by atoms with E-state index in [4.69, 9.17) is 9.47 Å². The number of hydrogen-bond donors (Lipinski definition) is 0. The fourth-order valence-corrected chi connectivity index (χ4v) is 3.41. The molecule has 3 aromatic rings. The number of halogens is 1.